The molecule has 0 bridgehead atoms. The third-order valence-electron chi connectivity index (χ3n) is 3.57. The van der Waals surface area contributed by atoms with Gasteiger partial charge in [-0.1, -0.05) is 12.8 Å². The van der Waals surface area contributed by atoms with Gasteiger partial charge in [0.15, 0.2) is 0 Å². The normalized spacial score (nSPS) is 22.1. The predicted octanol–water partition coefficient (Wildman–Crippen LogP) is 2.50. The number of rotatable bonds is 3. The molecule has 0 saturated heterocycles. The number of hydrogen-bond acceptors (Lipinski definition) is 2. The number of carbonyl (C=O) groups is 1. The molecular formula is C13H20N2O. The third-order valence-corrected chi connectivity index (χ3v) is 3.57. The minimum Gasteiger partial charge on any atom is -0.338 e. The fraction of sp³-hybridized carbons (Fsp3) is 0.692. The smallest absolute Gasteiger partial charge is 0.135 e. The summed E-state index contributed by atoms with van der Waals surface area (Å²) in [5.74, 6) is 1.86. The zero-order valence-electron chi connectivity index (χ0n) is 9.98. The van der Waals surface area contributed by atoms with Gasteiger partial charge in [0.25, 0.3) is 0 Å². The number of carbonyl (C=O) groups excluding carboxylic acids is 1. The molecule has 16 heavy (non-hydrogen) atoms. The van der Waals surface area contributed by atoms with Gasteiger partial charge in [-0.2, -0.15) is 0 Å². The van der Waals surface area contributed by atoms with E-state index in [0.29, 0.717) is 11.7 Å². The number of aromatic nitrogens is 2. The quantitative estimate of drug-likeness (QED) is 0.734. The summed E-state index contributed by atoms with van der Waals surface area (Å²) in [6.45, 7) is 0. The Kier molecular flexibility index (Phi) is 3.75. The van der Waals surface area contributed by atoms with Crippen molar-refractivity contribution in [1.29, 1.82) is 0 Å². The van der Waals surface area contributed by atoms with Crippen molar-refractivity contribution >= 4 is 5.78 Å². The summed E-state index contributed by atoms with van der Waals surface area (Å²) in [7, 11) is 2.01. The van der Waals surface area contributed by atoms with E-state index in [4.69, 9.17) is 0 Å². The number of nitrogens with zero attached hydrogens (tertiary/aromatic N) is 2. The first-order chi connectivity index (χ1) is 7.77. The highest BCUT2D eigenvalue weighted by molar-refractivity contribution is 5.81. The fourth-order valence-electron chi connectivity index (χ4n) is 2.48. The van der Waals surface area contributed by atoms with Gasteiger partial charge >= 0.3 is 0 Å². The SMILES string of the molecule is Cn1ccnc1CCC1CCCCCC1=O. The van der Waals surface area contributed by atoms with E-state index < -0.39 is 0 Å². The summed E-state index contributed by atoms with van der Waals surface area (Å²) < 4.78 is 2.04. The molecule has 1 aliphatic carbocycles. The molecule has 88 valence electrons. The molecule has 1 aromatic rings. The van der Waals surface area contributed by atoms with E-state index in [1.165, 1.54) is 12.8 Å². The Bertz CT molecular complexity index is 357. The molecule has 1 aliphatic rings. The molecule has 3 heteroatoms. The first-order valence-corrected chi connectivity index (χ1v) is 6.26. The van der Waals surface area contributed by atoms with Crippen LogP contribution in [0, 0.1) is 5.92 Å². The lowest BCUT2D eigenvalue weighted by atomic mass is 9.93. The molecule has 0 aliphatic heterocycles. The van der Waals surface area contributed by atoms with E-state index in [1.54, 1.807) is 0 Å². The standard InChI is InChI=1S/C13H20N2O/c1-15-10-9-14-13(15)8-7-11-5-3-2-4-6-12(11)16/h9-11H,2-8H2,1H3. The van der Waals surface area contributed by atoms with Crippen molar-refractivity contribution in [3.63, 3.8) is 0 Å². The topological polar surface area (TPSA) is 34.9 Å². The third kappa shape index (κ3) is 2.71. The Hall–Kier alpha value is -1.12. The number of imidazole rings is 1. The van der Waals surface area contributed by atoms with Gasteiger partial charge in [0.2, 0.25) is 0 Å². The van der Waals surface area contributed by atoms with Crippen molar-refractivity contribution in [2.75, 3.05) is 0 Å². The largest absolute Gasteiger partial charge is 0.338 e. The molecule has 0 N–H and O–H groups in total. The van der Waals surface area contributed by atoms with Gasteiger partial charge < -0.3 is 4.57 Å². The Morgan fingerprint density at radius 1 is 1.44 bits per heavy atom. The van der Waals surface area contributed by atoms with E-state index in [0.717, 1.165) is 37.9 Å². The zero-order chi connectivity index (χ0) is 11.4. The van der Waals surface area contributed by atoms with E-state index in [1.807, 2.05) is 24.0 Å². The van der Waals surface area contributed by atoms with Crippen LogP contribution in [0.2, 0.25) is 0 Å². The maximum absolute atomic E-state index is 11.8. The van der Waals surface area contributed by atoms with Crippen LogP contribution in [0.15, 0.2) is 12.4 Å². The molecule has 0 radical (unpaired) electrons. The minimum atomic E-state index is 0.291. The van der Waals surface area contributed by atoms with Crippen molar-refractivity contribution < 1.29 is 4.79 Å². The predicted molar refractivity (Wildman–Crippen MR) is 63.1 cm³/mol. The van der Waals surface area contributed by atoms with Crippen LogP contribution in [0.5, 0.6) is 0 Å². The molecule has 1 fully saturated rings. The van der Waals surface area contributed by atoms with Gasteiger partial charge in [-0.15, -0.1) is 0 Å². The lowest BCUT2D eigenvalue weighted by Crippen LogP contribution is -2.14. The van der Waals surface area contributed by atoms with E-state index in [2.05, 4.69) is 4.98 Å². The molecule has 1 atom stereocenters. The van der Waals surface area contributed by atoms with Crippen molar-refractivity contribution in [2.24, 2.45) is 13.0 Å². The summed E-state index contributed by atoms with van der Waals surface area (Å²) in [6.07, 6.45) is 11.1. The fourth-order valence-corrected chi connectivity index (χ4v) is 2.48. The van der Waals surface area contributed by atoms with Crippen LogP contribution < -0.4 is 0 Å². The molecule has 0 amide bonds. The second-order valence-corrected chi connectivity index (χ2v) is 4.76. The van der Waals surface area contributed by atoms with Crippen molar-refractivity contribution in [2.45, 2.75) is 44.9 Å². The van der Waals surface area contributed by atoms with Crippen molar-refractivity contribution in [3.8, 4) is 0 Å². The molecule has 1 aromatic heterocycles. The van der Waals surface area contributed by atoms with Gasteiger partial charge in [-0.3, -0.25) is 4.79 Å². The Morgan fingerprint density at radius 2 is 2.31 bits per heavy atom. The highest BCUT2D eigenvalue weighted by Gasteiger charge is 2.20. The first kappa shape index (κ1) is 11.4. The van der Waals surface area contributed by atoms with Crippen LogP contribution in [0.25, 0.3) is 0 Å². The molecule has 1 saturated carbocycles. The van der Waals surface area contributed by atoms with Crippen LogP contribution in [0.4, 0.5) is 0 Å². The van der Waals surface area contributed by atoms with Gasteiger partial charge in [0, 0.05) is 38.2 Å². The Balaban J connectivity index is 1.89. The van der Waals surface area contributed by atoms with Gasteiger partial charge in [0.05, 0.1) is 0 Å². The minimum absolute atomic E-state index is 0.291. The number of Topliss-reactive ketones (excluding diaryl/α,β-unsaturated/α-hetero) is 1. The molecule has 1 heterocycles. The molecule has 1 unspecified atom stereocenters. The second-order valence-electron chi connectivity index (χ2n) is 4.76. The molecule has 2 rings (SSSR count). The van der Waals surface area contributed by atoms with Crippen LogP contribution in [0.1, 0.15) is 44.3 Å². The molecule has 0 spiro atoms. The summed E-state index contributed by atoms with van der Waals surface area (Å²) in [5, 5.41) is 0. The van der Waals surface area contributed by atoms with Crippen molar-refractivity contribution in [1.82, 2.24) is 9.55 Å². The summed E-state index contributed by atoms with van der Waals surface area (Å²) >= 11 is 0. The van der Waals surface area contributed by atoms with Gasteiger partial charge in [-0.05, 0) is 19.3 Å². The molecule has 3 nitrogen and oxygen atoms in total. The van der Waals surface area contributed by atoms with E-state index in [-0.39, 0.29) is 0 Å². The summed E-state index contributed by atoms with van der Waals surface area (Å²) in [4.78, 5) is 16.1. The van der Waals surface area contributed by atoms with E-state index >= 15 is 0 Å². The Labute approximate surface area is 96.9 Å². The number of aryl methyl sites for hydroxylation is 2. The molecular weight excluding hydrogens is 200 g/mol. The lowest BCUT2D eigenvalue weighted by Gasteiger charge is -2.12. The average Bonchev–Trinajstić information content (AvgIpc) is 2.56. The molecule has 0 aromatic carbocycles. The summed E-state index contributed by atoms with van der Waals surface area (Å²) in [5.41, 5.74) is 0. The van der Waals surface area contributed by atoms with Crippen LogP contribution in [-0.4, -0.2) is 15.3 Å². The second kappa shape index (κ2) is 5.28. The number of hydrogen-bond donors (Lipinski definition) is 0. The zero-order valence-corrected chi connectivity index (χ0v) is 9.98. The van der Waals surface area contributed by atoms with Crippen LogP contribution in [-0.2, 0) is 18.3 Å². The Morgan fingerprint density at radius 3 is 3.06 bits per heavy atom. The van der Waals surface area contributed by atoms with Gasteiger partial charge in [0.1, 0.15) is 11.6 Å². The highest BCUT2D eigenvalue weighted by atomic mass is 16.1. The van der Waals surface area contributed by atoms with Crippen molar-refractivity contribution in [3.05, 3.63) is 18.2 Å². The highest BCUT2D eigenvalue weighted by Crippen LogP contribution is 2.23. The monoisotopic (exact) mass is 220 g/mol. The maximum atomic E-state index is 11.8. The van der Waals surface area contributed by atoms with Crippen LogP contribution in [0.3, 0.4) is 0 Å². The van der Waals surface area contributed by atoms with Gasteiger partial charge in [-0.25, -0.2) is 4.98 Å². The maximum Gasteiger partial charge on any atom is 0.135 e. The first-order valence-electron chi connectivity index (χ1n) is 6.26. The average molecular weight is 220 g/mol. The summed E-state index contributed by atoms with van der Waals surface area (Å²) in [6, 6.07) is 0. The van der Waals surface area contributed by atoms with Crippen LogP contribution >= 0.6 is 0 Å². The lowest BCUT2D eigenvalue weighted by molar-refractivity contribution is -0.122. The van der Waals surface area contributed by atoms with E-state index in [9.17, 15) is 4.79 Å². The number of ketones is 1.